The van der Waals surface area contributed by atoms with E-state index in [1.807, 2.05) is 0 Å². The molecule has 0 aromatic carbocycles. The van der Waals surface area contributed by atoms with Crippen LogP contribution in [-0.4, -0.2) is 218 Å². The van der Waals surface area contributed by atoms with Crippen molar-refractivity contribution in [2.45, 2.75) is 221 Å². The van der Waals surface area contributed by atoms with Crippen LogP contribution in [0.4, 0.5) is 0 Å². The molecule has 4 aliphatic carbocycles. The highest BCUT2D eigenvalue weighted by molar-refractivity contribution is 5.15. The highest BCUT2D eigenvalue weighted by Crippen LogP contribution is 2.71. The van der Waals surface area contributed by atoms with Crippen LogP contribution in [0.3, 0.4) is 0 Å². The van der Waals surface area contributed by atoms with Crippen LogP contribution in [0.2, 0.25) is 0 Å². The van der Waals surface area contributed by atoms with Gasteiger partial charge in [-0.2, -0.15) is 0 Å². The molecule has 0 amide bonds. The summed E-state index contributed by atoms with van der Waals surface area (Å²) in [6, 6.07) is 0. The fraction of sp³-hybridized carbons (Fsp3) is 1.00. The van der Waals surface area contributed by atoms with Crippen molar-refractivity contribution in [3.05, 3.63) is 0 Å². The lowest BCUT2D eigenvalue weighted by atomic mass is 9.44. The van der Waals surface area contributed by atoms with Crippen molar-refractivity contribution in [1.82, 2.24) is 0 Å². The SMILES string of the molecule is CC1CCC2(OC1)OC1CC3C4CCC5CC(OC6OC(COC7OCC(O)C(O)C7O)C(OC7OCC(O)C(O)C7O)C(O)C6OC6OC(CO)C(O)C(O)C6O)CCC5(C)C4CCC3(C)C1C2C. The molecular formula is C49H80O21. The number of aliphatic hydroxyl groups excluding tert-OH is 11. The molecule has 30 unspecified atom stereocenters. The average molecular weight is 1010 g/mol. The third kappa shape index (κ3) is 9.06. The van der Waals surface area contributed by atoms with Crippen molar-refractivity contribution in [1.29, 1.82) is 0 Å². The molecule has 0 bridgehead atoms. The van der Waals surface area contributed by atoms with Crippen molar-refractivity contribution in [2.75, 3.05) is 33.0 Å². The summed E-state index contributed by atoms with van der Waals surface area (Å²) in [6.07, 6.45) is -19.6. The van der Waals surface area contributed by atoms with Crippen molar-refractivity contribution < 1.29 is 104 Å². The molecule has 6 saturated heterocycles. The lowest BCUT2D eigenvalue weighted by Crippen LogP contribution is -2.67. The van der Waals surface area contributed by atoms with Gasteiger partial charge in [0.15, 0.2) is 30.9 Å². The Morgan fingerprint density at radius 1 is 0.557 bits per heavy atom. The molecule has 70 heavy (non-hydrogen) atoms. The van der Waals surface area contributed by atoms with Crippen LogP contribution in [0.1, 0.15) is 91.9 Å². The summed E-state index contributed by atoms with van der Waals surface area (Å²) in [4.78, 5) is 0. The van der Waals surface area contributed by atoms with Crippen LogP contribution in [0.5, 0.6) is 0 Å². The predicted molar refractivity (Wildman–Crippen MR) is 236 cm³/mol. The van der Waals surface area contributed by atoms with Gasteiger partial charge in [0, 0.05) is 12.3 Å². The van der Waals surface area contributed by atoms with Crippen LogP contribution in [0.25, 0.3) is 0 Å². The first-order valence-electron chi connectivity index (χ1n) is 26.1. The van der Waals surface area contributed by atoms with Crippen LogP contribution in [-0.2, 0) is 47.4 Å². The molecule has 21 heteroatoms. The quantitative estimate of drug-likeness (QED) is 0.110. The Bertz CT molecular complexity index is 1770. The summed E-state index contributed by atoms with van der Waals surface area (Å²) < 4.78 is 62.0. The number of ether oxygens (including phenoxy) is 10. The number of rotatable bonds is 10. The van der Waals surface area contributed by atoms with Gasteiger partial charge in [-0.1, -0.05) is 27.7 Å². The van der Waals surface area contributed by atoms with E-state index in [0.717, 1.165) is 58.0 Å². The Morgan fingerprint density at radius 3 is 1.91 bits per heavy atom. The first kappa shape index (κ1) is 52.6. The van der Waals surface area contributed by atoms with E-state index in [1.165, 1.54) is 0 Å². The molecule has 11 N–H and O–H groups in total. The van der Waals surface area contributed by atoms with Gasteiger partial charge >= 0.3 is 0 Å². The van der Waals surface area contributed by atoms with Gasteiger partial charge in [0.1, 0.15) is 85.5 Å². The highest BCUT2D eigenvalue weighted by Gasteiger charge is 2.69. The maximum Gasteiger partial charge on any atom is 0.187 e. The van der Waals surface area contributed by atoms with Gasteiger partial charge in [-0.25, -0.2) is 0 Å². The fourth-order valence-corrected chi connectivity index (χ4v) is 15.5. The van der Waals surface area contributed by atoms with Crippen LogP contribution in [0, 0.1) is 52.3 Å². The molecule has 0 aromatic rings. The van der Waals surface area contributed by atoms with Crippen molar-refractivity contribution in [2.24, 2.45) is 52.3 Å². The first-order valence-corrected chi connectivity index (χ1v) is 26.1. The lowest BCUT2D eigenvalue weighted by Gasteiger charge is -2.61. The zero-order valence-corrected chi connectivity index (χ0v) is 40.7. The van der Waals surface area contributed by atoms with Gasteiger partial charge in [0.05, 0.1) is 45.2 Å². The van der Waals surface area contributed by atoms with Gasteiger partial charge in [-0.15, -0.1) is 0 Å². The molecule has 10 aliphatic rings. The maximum absolute atomic E-state index is 12.4. The predicted octanol–water partition coefficient (Wildman–Crippen LogP) is -1.63. The molecule has 0 aromatic heterocycles. The van der Waals surface area contributed by atoms with Gasteiger partial charge in [0.2, 0.25) is 0 Å². The molecule has 10 fully saturated rings. The Hall–Kier alpha value is -0.840. The number of hydrogen-bond acceptors (Lipinski definition) is 21. The Labute approximate surface area is 408 Å². The van der Waals surface area contributed by atoms with E-state index in [1.54, 1.807) is 0 Å². The van der Waals surface area contributed by atoms with Crippen molar-refractivity contribution >= 4 is 0 Å². The van der Waals surface area contributed by atoms with E-state index in [-0.39, 0.29) is 23.5 Å². The zero-order chi connectivity index (χ0) is 49.8. The second-order valence-corrected chi connectivity index (χ2v) is 23.5. The van der Waals surface area contributed by atoms with E-state index >= 15 is 0 Å². The molecule has 6 aliphatic heterocycles. The second-order valence-electron chi connectivity index (χ2n) is 23.5. The third-order valence-corrected chi connectivity index (χ3v) is 19.6. The van der Waals surface area contributed by atoms with Gasteiger partial charge in [-0.3, -0.25) is 0 Å². The minimum Gasteiger partial charge on any atom is -0.394 e. The fourth-order valence-electron chi connectivity index (χ4n) is 15.5. The van der Waals surface area contributed by atoms with Crippen LogP contribution < -0.4 is 0 Å². The Balaban J connectivity index is 0.877. The topological polar surface area (TPSA) is 315 Å². The van der Waals surface area contributed by atoms with E-state index in [2.05, 4.69) is 27.7 Å². The van der Waals surface area contributed by atoms with Crippen LogP contribution in [0.15, 0.2) is 0 Å². The number of fused-ring (bicyclic) bond motifs is 7. The Morgan fingerprint density at radius 2 is 1.21 bits per heavy atom. The normalized spacial score (nSPS) is 58.1. The standard InChI is InChI=1S/C49H80O21/c1-20-7-12-49(64-16-20)21(2)32-29(70-49)14-26-24-6-5-22-13-23(8-10-47(22,3)25(24)9-11-48(26,32)4)65-46-42(69-45-39(59)36(56)35(55)30(15-50)66-45)40(60)41(68-44-38(58)34(54)28(52)18-62-44)31(67-46)19-63-43-37(57)33(53)27(51)17-61-43/h20-46,50-60H,5-19H2,1-4H3. The summed E-state index contributed by atoms with van der Waals surface area (Å²) >= 11 is 0. The first-order chi connectivity index (χ1) is 33.3. The number of hydrogen-bond donors (Lipinski definition) is 11. The number of aliphatic hydroxyl groups is 11. The molecule has 402 valence electrons. The smallest absolute Gasteiger partial charge is 0.187 e. The summed E-state index contributed by atoms with van der Waals surface area (Å²) in [5, 5.41) is 118. The van der Waals surface area contributed by atoms with Gasteiger partial charge in [-0.05, 0) is 104 Å². The molecule has 21 nitrogen and oxygen atoms in total. The van der Waals surface area contributed by atoms with Crippen LogP contribution >= 0.6 is 0 Å². The molecule has 4 saturated carbocycles. The average Bonchev–Trinajstić information content (AvgIpc) is 3.79. The lowest BCUT2D eigenvalue weighted by molar-refractivity contribution is -0.391. The molecule has 0 radical (unpaired) electrons. The monoisotopic (exact) mass is 1000 g/mol. The van der Waals surface area contributed by atoms with E-state index < -0.39 is 142 Å². The summed E-state index contributed by atoms with van der Waals surface area (Å²) in [7, 11) is 0. The maximum atomic E-state index is 12.4. The highest BCUT2D eigenvalue weighted by atomic mass is 16.8. The van der Waals surface area contributed by atoms with Gasteiger partial charge < -0.3 is 104 Å². The summed E-state index contributed by atoms with van der Waals surface area (Å²) in [6.45, 7) is 8.28. The van der Waals surface area contributed by atoms with E-state index in [9.17, 15) is 56.2 Å². The van der Waals surface area contributed by atoms with Gasteiger partial charge in [0.25, 0.3) is 0 Å². The minimum atomic E-state index is -1.87. The zero-order valence-electron chi connectivity index (χ0n) is 40.7. The molecule has 1 spiro atoms. The van der Waals surface area contributed by atoms with E-state index in [4.69, 9.17) is 47.4 Å². The molecule has 10 rings (SSSR count). The molecule has 30 atom stereocenters. The third-order valence-electron chi connectivity index (χ3n) is 19.6. The minimum absolute atomic E-state index is 0.0323. The van der Waals surface area contributed by atoms with E-state index in [0.29, 0.717) is 54.3 Å². The molecule has 6 heterocycles. The Kier molecular flexibility index (Phi) is 15.2. The van der Waals surface area contributed by atoms with Crippen molar-refractivity contribution in [3.63, 3.8) is 0 Å². The van der Waals surface area contributed by atoms with Crippen molar-refractivity contribution in [3.8, 4) is 0 Å². The molecular weight excluding hydrogens is 925 g/mol. The summed E-state index contributed by atoms with van der Waals surface area (Å²) in [5.41, 5.74) is 0.205. The largest absolute Gasteiger partial charge is 0.394 e. The second kappa shape index (κ2) is 20.3. The summed E-state index contributed by atoms with van der Waals surface area (Å²) in [5.74, 6) is 2.82.